The van der Waals surface area contributed by atoms with Gasteiger partial charge in [-0.1, -0.05) is 167 Å². The zero-order valence-electron chi connectivity index (χ0n) is 34.9. The van der Waals surface area contributed by atoms with Gasteiger partial charge in [-0.3, -0.25) is 0 Å². The number of nitrogens with zero attached hydrogens (tertiary/aromatic N) is 3. The molecule has 0 spiro atoms. The zero-order valence-corrected chi connectivity index (χ0v) is 34.9. The van der Waals surface area contributed by atoms with Gasteiger partial charge in [-0.05, 0) is 121 Å². The maximum Gasteiger partial charge on any atom is 0.116 e. The van der Waals surface area contributed by atoms with E-state index in [0.717, 1.165) is 50.7 Å². The van der Waals surface area contributed by atoms with Gasteiger partial charge in [-0.15, -0.1) is 0 Å². The Bertz CT molecular complexity index is 3120. The zero-order chi connectivity index (χ0) is 41.3. The Morgan fingerprint density at radius 2 is 0.738 bits per heavy atom. The van der Waals surface area contributed by atoms with Crippen LogP contribution >= 0.6 is 0 Å². The summed E-state index contributed by atoms with van der Waals surface area (Å²) in [5, 5.41) is 0. The minimum Gasteiger partial charge on any atom is -0.310 e. The largest absolute Gasteiger partial charge is 0.310 e. The third-order valence-corrected chi connectivity index (χ3v) is 13.2. The van der Waals surface area contributed by atoms with Crippen LogP contribution < -0.4 is 4.90 Å². The van der Waals surface area contributed by atoms with Gasteiger partial charge in [-0.2, -0.15) is 0 Å². The molecule has 1 heterocycles. The van der Waals surface area contributed by atoms with E-state index in [4.69, 9.17) is 9.97 Å². The fourth-order valence-corrected chi connectivity index (χ4v) is 9.91. The van der Waals surface area contributed by atoms with E-state index in [-0.39, 0.29) is 10.8 Å². The molecule has 0 saturated carbocycles. The lowest BCUT2D eigenvalue weighted by molar-refractivity contribution is 0.660. The molecular weight excluding hydrogens is 739 g/mol. The molecule has 0 atom stereocenters. The average Bonchev–Trinajstić information content (AvgIpc) is 3.69. The Labute approximate surface area is 358 Å². The fraction of sp³-hybridized carbons (Fsp3) is 0.103. The molecule has 0 bridgehead atoms. The number of rotatable bonds is 7. The van der Waals surface area contributed by atoms with Crippen molar-refractivity contribution in [2.75, 3.05) is 4.90 Å². The highest BCUT2D eigenvalue weighted by atomic mass is 15.1. The molecule has 0 N–H and O–H groups in total. The Morgan fingerprint density at radius 1 is 0.311 bits per heavy atom. The van der Waals surface area contributed by atoms with Gasteiger partial charge in [0.05, 0.1) is 11.4 Å². The first kappa shape index (κ1) is 36.7. The fourth-order valence-electron chi connectivity index (χ4n) is 9.91. The van der Waals surface area contributed by atoms with Crippen LogP contribution in [0.1, 0.15) is 49.9 Å². The number of aromatic nitrogens is 2. The topological polar surface area (TPSA) is 29.0 Å². The van der Waals surface area contributed by atoms with Crippen LogP contribution in [0.2, 0.25) is 0 Å². The van der Waals surface area contributed by atoms with E-state index >= 15 is 0 Å². The first-order valence-electron chi connectivity index (χ1n) is 21.2. The summed E-state index contributed by atoms with van der Waals surface area (Å²) in [7, 11) is 0. The number of hydrogen-bond donors (Lipinski definition) is 0. The van der Waals surface area contributed by atoms with Crippen LogP contribution in [0.4, 0.5) is 17.1 Å². The molecule has 0 amide bonds. The highest BCUT2D eigenvalue weighted by Crippen LogP contribution is 2.51. The maximum absolute atomic E-state index is 4.76. The summed E-state index contributed by atoms with van der Waals surface area (Å²) in [5.41, 5.74) is 22.6. The number of anilines is 3. The van der Waals surface area contributed by atoms with Gasteiger partial charge >= 0.3 is 0 Å². The van der Waals surface area contributed by atoms with Crippen LogP contribution in [0.3, 0.4) is 0 Å². The molecule has 3 nitrogen and oxygen atoms in total. The molecule has 0 aliphatic heterocycles. The van der Waals surface area contributed by atoms with Gasteiger partial charge in [0.1, 0.15) is 6.33 Å². The van der Waals surface area contributed by atoms with Crippen molar-refractivity contribution in [3.05, 3.63) is 223 Å². The van der Waals surface area contributed by atoms with Gasteiger partial charge in [0, 0.05) is 39.0 Å². The number of fused-ring (bicyclic) bond motifs is 6. The Balaban J connectivity index is 0.925. The monoisotopic (exact) mass is 783 g/mol. The van der Waals surface area contributed by atoms with Gasteiger partial charge in [0.25, 0.3) is 0 Å². The van der Waals surface area contributed by atoms with Crippen molar-refractivity contribution in [3.63, 3.8) is 0 Å². The molecule has 8 aromatic carbocycles. The molecule has 1 aromatic heterocycles. The van der Waals surface area contributed by atoms with E-state index < -0.39 is 0 Å². The summed E-state index contributed by atoms with van der Waals surface area (Å²) in [6.07, 6.45) is 1.69. The standard InChI is InChI=1S/C58H45N3/c1-57(2)51-19-10-8-17-47(51)49-31-25-43(34-53(49)57)56-36-55(59-37-60-56)42-16-12-15-41(33-42)40-23-28-45(29-24-40)61(44-26-21-39(22-27-44)38-13-6-5-7-14-38)46-30-32-50-48-18-9-11-20-52(48)58(3,4)54(50)35-46/h5-37H,1-4H3. The highest BCUT2D eigenvalue weighted by Gasteiger charge is 2.37. The first-order valence-corrected chi connectivity index (χ1v) is 21.2. The summed E-state index contributed by atoms with van der Waals surface area (Å²) in [6.45, 7) is 9.33. The van der Waals surface area contributed by atoms with Crippen LogP contribution in [-0.4, -0.2) is 9.97 Å². The predicted octanol–water partition coefficient (Wildman–Crippen LogP) is 15.2. The second-order valence-electron chi connectivity index (χ2n) is 17.5. The van der Waals surface area contributed by atoms with Crippen LogP contribution in [0.25, 0.3) is 67.0 Å². The quantitative estimate of drug-likeness (QED) is 0.161. The summed E-state index contributed by atoms with van der Waals surface area (Å²) in [4.78, 5) is 11.9. The van der Waals surface area contributed by atoms with Crippen LogP contribution in [-0.2, 0) is 10.8 Å². The summed E-state index contributed by atoms with van der Waals surface area (Å²) in [6, 6.07) is 70.7. The minimum absolute atomic E-state index is 0.0731. The summed E-state index contributed by atoms with van der Waals surface area (Å²) < 4.78 is 0. The molecule has 292 valence electrons. The van der Waals surface area contributed by atoms with Crippen LogP contribution in [0.5, 0.6) is 0 Å². The van der Waals surface area contributed by atoms with Crippen LogP contribution in [0.15, 0.2) is 200 Å². The molecule has 11 rings (SSSR count). The molecule has 0 radical (unpaired) electrons. The van der Waals surface area contributed by atoms with E-state index in [1.165, 1.54) is 55.6 Å². The minimum atomic E-state index is -0.102. The van der Waals surface area contributed by atoms with Crippen molar-refractivity contribution in [1.29, 1.82) is 0 Å². The number of benzene rings is 8. The second kappa shape index (κ2) is 14.1. The van der Waals surface area contributed by atoms with E-state index in [1.807, 2.05) is 0 Å². The van der Waals surface area contributed by atoms with Gasteiger partial charge in [0.2, 0.25) is 0 Å². The first-order chi connectivity index (χ1) is 29.7. The van der Waals surface area contributed by atoms with Crippen LogP contribution in [0, 0.1) is 0 Å². The van der Waals surface area contributed by atoms with Crippen molar-refractivity contribution in [3.8, 4) is 67.0 Å². The van der Waals surface area contributed by atoms with E-state index in [0.29, 0.717) is 0 Å². The lowest BCUT2D eigenvalue weighted by Gasteiger charge is -2.28. The third-order valence-electron chi connectivity index (χ3n) is 13.2. The van der Waals surface area contributed by atoms with Gasteiger partial charge < -0.3 is 4.90 Å². The SMILES string of the molecule is CC1(C)c2ccccc2-c2ccc(-c3cc(-c4cccc(-c5ccc(N(c6ccc(-c7ccccc7)cc6)c6ccc7c(c6)C(C)(C)c6ccccc6-7)cc5)c4)ncn3)cc21. The second-order valence-corrected chi connectivity index (χ2v) is 17.5. The molecule has 0 fully saturated rings. The Morgan fingerprint density at radius 3 is 1.36 bits per heavy atom. The Kier molecular flexibility index (Phi) is 8.51. The molecule has 2 aliphatic carbocycles. The summed E-state index contributed by atoms with van der Waals surface area (Å²) >= 11 is 0. The highest BCUT2D eigenvalue weighted by molar-refractivity contribution is 5.87. The molecular formula is C58H45N3. The van der Waals surface area contributed by atoms with Gasteiger partial charge in [-0.25, -0.2) is 9.97 Å². The van der Waals surface area contributed by atoms with Crippen molar-refractivity contribution < 1.29 is 0 Å². The molecule has 0 unspecified atom stereocenters. The predicted molar refractivity (Wildman–Crippen MR) is 254 cm³/mol. The molecule has 61 heavy (non-hydrogen) atoms. The van der Waals surface area contributed by atoms with Crippen molar-refractivity contribution >= 4 is 17.1 Å². The van der Waals surface area contributed by atoms with Crippen molar-refractivity contribution in [2.24, 2.45) is 0 Å². The summed E-state index contributed by atoms with van der Waals surface area (Å²) in [5.74, 6) is 0. The van der Waals surface area contributed by atoms with E-state index in [1.54, 1.807) is 6.33 Å². The average molecular weight is 784 g/mol. The van der Waals surface area contributed by atoms with Crippen molar-refractivity contribution in [2.45, 2.75) is 38.5 Å². The number of hydrogen-bond acceptors (Lipinski definition) is 3. The Hall–Kier alpha value is -7.36. The molecule has 2 aliphatic rings. The molecule has 0 saturated heterocycles. The van der Waals surface area contributed by atoms with Crippen molar-refractivity contribution in [1.82, 2.24) is 9.97 Å². The molecule has 9 aromatic rings. The molecule has 3 heteroatoms. The third kappa shape index (κ3) is 6.11. The van der Waals surface area contributed by atoms with Gasteiger partial charge in [0.15, 0.2) is 0 Å². The van der Waals surface area contributed by atoms with E-state index in [2.05, 4.69) is 227 Å². The lowest BCUT2D eigenvalue weighted by Crippen LogP contribution is -2.16. The normalized spacial score (nSPS) is 13.8. The van der Waals surface area contributed by atoms with E-state index in [9.17, 15) is 0 Å². The lowest BCUT2D eigenvalue weighted by atomic mass is 9.82. The maximum atomic E-state index is 4.76. The smallest absolute Gasteiger partial charge is 0.116 e.